The summed E-state index contributed by atoms with van der Waals surface area (Å²) >= 11 is 0. The summed E-state index contributed by atoms with van der Waals surface area (Å²) in [6.45, 7) is 6.01. The molecule has 0 aliphatic carbocycles. The summed E-state index contributed by atoms with van der Waals surface area (Å²) in [5.74, 6) is 2.50. The Morgan fingerprint density at radius 2 is 2.10 bits per heavy atom. The van der Waals surface area contributed by atoms with Crippen molar-refractivity contribution in [3.8, 4) is 11.5 Å². The predicted molar refractivity (Wildman–Crippen MR) is 78.4 cm³/mol. The van der Waals surface area contributed by atoms with Crippen LogP contribution >= 0.6 is 0 Å². The molecule has 0 amide bonds. The lowest BCUT2D eigenvalue weighted by Gasteiger charge is -2.11. The Morgan fingerprint density at radius 3 is 2.76 bits per heavy atom. The van der Waals surface area contributed by atoms with E-state index >= 15 is 0 Å². The molecule has 0 spiro atoms. The van der Waals surface area contributed by atoms with Gasteiger partial charge in [0.2, 0.25) is 0 Å². The normalized spacial score (nSPS) is 10.6. The zero-order valence-corrected chi connectivity index (χ0v) is 12.7. The van der Waals surface area contributed by atoms with Gasteiger partial charge in [-0.15, -0.1) is 0 Å². The fourth-order valence-electron chi connectivity index (χ4n) is 1.84. The summed E-state index contributed by atoms with van der Waals surface area (Å²) in [5.41, 5.74) is 1.15. The van der Waals surface area contributed by atoms with E-state index in [-0.39, 0.29) is 6.61 Å². The molecule has 1 aromatic heterocycles. The number of benzene rings is 1. The van der Waals surface area contributed by atoms with Crippen LogP contribution in [0.25, 0.3) is 0 Å². The van der Waals surface area contributed by atoms with Gasteiger partial charge in [-0.25, -0.2) is 0 Å². The van der Waals surface area contributed by atoms with Crippen molar-refractivity contribution in [3.63, 3.8) is 0 Å². The van der Waals surface area contributed by atoms with Crippen LogP contribution in [-0.2, 0) is 19.6 Å². The van der Waals surface area contributed by atoms with Gasteiger partial charge in [0.15, 0.2) is 23.9 Å². The summed E-state index contributed by atoms with van der Waals surface area (Å²) in [6.07, 6.45) is 0.742. The van der Waals surface area contributed by atoms with E-state index in [0.29, 0.717) is 23.2 Å². The molecule has 1 N–H and O–H groups in total. The quantitative estimate of drug-likeness (QED) is 0.805. The van der Waals surface area contributed by atoms with Crippen molar-refractivity contribution in [3.05, 3.63) is 35.5 Å². The molecule has 2 rings (SSSR count). The lowest BCUT2D eigenvalue weighted by Crippen LogP contribution is -2.11. The van der Waals surface area contributed by atoms with Gasteiger partial charge in [-0.3, -0.25) is 0 Å². The maximum atomic E-state index is 5.69. The van der Waals surface area contributed by atoms with Gasteiger partial charge >= 0.3 is 0 Å². The highest BCUT2D eigenvalue weighted by molar-refractivity contribution is 5.42. The second kappa shape index (κ2) is 7.64. The molecular weight excluding hydrogens is 270 g/mol. The molecule has 1 aromatic carbocycles. The smallest absolute Gasteiger partial charge is 0.264 e. The number of aryl methyl sites for hydroxylation is 1. The monoisotopic (exact) mass is 291 g/mol. The van der Waals surface area contributed by atoms with Crippen LogP contribution in [0.4, 0.5) is 0 Å². The number of methoxy groups -OCH3 is 1. The van der Waals surface area contributed by atoms with E-state index in [1.165, 1.54) is 0 Å². The highest BCUT2D eigenvalue weighted by atomic mass is 16.5. The summed E-state index contributed by atoms with van der Waals surface area (Å²) in [5, 5.41) is 7.10. The molecule has 0 aliphatic heterocycles. The average molecular weight is 291 g/mol. The molecule has 1 heterocycles. The topological polar surface area (TPSA) is 69.4 Å². The Balaban J connectivity index is 2.01. The Morgan fingerprint density at radius 1 is 1.24 bits per heavy atom. The van der Waals surface area contributed by atoms with Gasteiger partial charge < -0.3 is 19.3 Å². The van der Waals surface area contributed by atoms with Crippen LogP contribution in [0.3, 0.4) is 0 Å². The van der Waals surface area contributed by atoms with E-state index < -0.39 is 0 Å². The van der Waals surface area contributed by atoms with Crippen molar-refractivity contribution in [1.29, 1.82) is 0 Å². The average Bonchev–Trinajstić information content (AvgIpc) is 2.99. The third-order valence-corrected chi connectivity index (χ3v) is 2.98. The number of hydrogen-bond donors (Lipinski definition) is 1. The number of rotatable bonds is 8. The first-order chi connectivity index (χ1) is 10.3. The fourth-order valence-corrected chi connectivity index (χ4v) is 1.84. The molecule has 6 nitrogen and oxygen atoms in total. The third-order valence-electron chi connectivity index (χ3n) is 2.98. The molecule has 2 aromatic rings. The maximum Gasteiger partial charge on any atom is 0.264 e. The van der Waals surface area contributed by atoms with Gasteiger partial charge in [0.1, 0.15) is 0 Å². The Hall–Kier alpha value is -2.08. The first-order valence-corrected chi connectivity index (χ1v) is 7.08. The van der Waals surface area contributed by atoms with Gasteiger partial charge in [0.25, 0.3) is 5.89 Å². The van der Waals surface area contributed by atoms with Crippen molar-refractivity contribution in [1.82, 2.24) is 15.5 Å². The predicted octanol–water partition coefficient (Wildman–Crippen LogP) is 2.33. The second-order valence-electron chi connectivity index (χ2n) is 4.51. The molecule has 0 aliphatic rings. The van der Waals surface area contributed by atoms with Crippen molar-refractivity contribution in [2.24, 2.45) is 0 Å². The van der Waals surface area contributed by atoms with E-state index in [1.54, 1.807) is 7.11 Å². The SMILES string of the molecule is CCNCc1ccc(OCc2nc(CC)no2)c(OC)c1. The van der Waals surface area contributed by atoms with E-state index in [2.05, 4.69) is 22.4 Å². The number of nitrogens with zero attached hydrogens (tertiary/aromatic N) is 2. The minimum atomic E-state index is 0.232. The minimum Gasteiger partial charge on any atom is -0.493 e. The zero-order valence-electron chi connectivity index (χ0n) is 12.7. The molecule has 21 heavy (non-hydrogen) atoms. The van der Waals surface area contributed by atoms with Crippen LogP contribution in [0.15, 0.2) is 22.7 Å². The van der Waals surface area contributed by atoms with Crippen molar-refractivity contribution < 1.29 is 14.0 Å². The van der Waals surface area contributed by atoms with Gasteiger partial charge in [-0.05, 0) is 24.2 Å². The number of hydrogen-bond acceptors (Lipinski definition) is 6. The Kier molecular flexibility index (Phi) is 5.57. The standard InChI is InChI=1S/C15H21N3O3/c1-4-14-17-15(21-18-14)10-20-12-7-6-11(9-16-5-2)8-13(12)19-3/h6-8,16H,4-5,9-10H2,1-3H3. The van der Waals surface area contributed by atoms with Crippen LogP contribution < -0.4 is 14.8 Å². The molecule has 0 unspecified atom stereocenters. The fraction of sp³-hybridized carbons (Fsp3) is 0.467. The van der Waals surface area contributed by atoms with Crippen molar-refractivity contribution in [2.45, 2.75) is 33.4 Å². The molecule has 0 saturated heterocycles. The highest BCUT2D eigenvalue weighted by Gasteiger charge is 2.09. The van der Waals surface area contributed by atoms with Crippen LogP contribution in [-0.4, -0.2) is 23.8 Å². The van der Waals surface area contributed by atoms with Crippen LogP contribution in [0.1, 0.15) is 31.1 Å². The number of aromatic nitrogens is 2. The molecule has 114 valence electrons. The molecular formula is C15H21N3O3. The highest BCUT2D eigenvalue weighted by Crippen LogP contribution is 2.28. The summed E-state index contributed by atoms with van der Waals surface area (Å²) < 4.78 is 16.1. The first-order valence-electron chi connectivity index (χ1n) is 7.08. The van der Waals surface area contributed by atoms with Crippen LogP contribution in [0, 0.1) is 0 Å². The van der Waals surface area contributed by atoms with Crippen molar-refractivity contribution >= 4 is 0 Å². The van der Waals surface area contributed by atoms with Gasteiger partial charge in [0, 0.05) is 13.0 Å². The van der Waals surface area contributed by atoms with Crippen molar-refractivity contribution in [2.75, 3.05) is 13.7 Å². The van der Waals surface area contributed by atoms with Crippen LogP contribution in [0.2, 0.25) is 0 Å². The first kappa shape index (κ1) is 15.3. The Bertz CT molecular complexity index is 569. The van der Waals surface area contributed by atoms with E-state index in [1.807, 2.05) is 25.1 Å². The third kappa shape index (κ3) is 4.19. The second-order valence-corrected chi connectivity index (χ2v) is 4.51. The zero-order chi connectivity index (χ0) is 15.1. The van der Waals surface area contributed by atoms with E-state index in [9.17, 15) is 0 Å². The Labute approximate surface area is 124 Å². The van der Waals surface area contributed by atoms with E-state index in [0.717, 1.165) is 25.1 Å². The molecule has 0 fully saturated rings. The molecule has 0 bridgehead atoms. The maximum absolute atomic E-state index is 5.69. The molecule has 0 saturated carbocycles. The van der Waals surface area contributed by atoms with E-state index in [4.69, 9.17) is 14.0 Å². The van der Waals surface area contributed by atoms with Crippen LogP contribution in [0.5, 0.6) is 11.5 Å². The minimum absolute atomic E-state index is 0.232. The molecule has 0 atom stereocenters. The summed E-state index contributed by atoms with van der Waals surface area (Å²) in [6, 6.07) is 5.86. The van der Waals surface area contributed by atoms with Gasteiger partial charge in [0.05, 0.1) is 7.11 Å². The molecule has 0 radical (unpaired) electrons. The number of ether oxygens (including phenoxy) is 2. The molecule has 6 heteroatoms. The lowest BCUT2D eigenvalue weighted by molar-refractivity contribution is 0.233. The van der Waals surface area contributed by atoms with Gasteiger partial charge in [-0.2, -0.15) is 4.98 Å². The summed E-state index contributed by atoms with van der Waals surface area (Å²) in [4.78, 5) is 4.20. The van der Waals surface area contributed by atoms with Gasteiger partial charge in [-0.1, -0.05) is 25.1 Å². The number of nitrogens with one attached hydrogen (secondary N) is 1. The lowest BCUT2D eigenvalue weighted by atomic mass is 10.2. The summed E-state index contributed by atoms with van der Waals surface area (Å²) in [7, 11) is 1.63. The largest absolute Gasteiger partial charge is 0.493 e.